The van der Waals surface area contributed by atoms with Crippen LogP contribution in [-0.2, 0) is 22.7 Å². The molecule has 0 aromatic rings. The molecular weight excluding hydrogens is 100.0 g/mol. The van der Waals surface area contributed by atoms with Crippen molar-refractivity contribution in [3.05, 3.63) is 0 Å². The molecule has 0 fully saturated rings. The van der Waals surface area contributed by atoms with Gasteiger partial charge in [0, 0.05) is 0 Å². The topological polar surface area (TPSA) is 65.6 Å². The Hall–Kier alpha value is 0.0925. The van der Waals surface area contributed by atoms with Crippen LogP contribution in [0.4, 0.5) is 0 Å². The molecule has 0 aromatic carbocycles. The minimum atomic E-state index is -1.62. The van der Waals surface area contributed by atoms with Gasteiger partial charge >= 0.3 is 22.7 Å². The number of rotatable bonds is 0. The Morgan fingerprint density at radius 3 is 1.25 bits per heavy atom. The average Bonchev–Trinajstić information content (AvgIpc) is 0.918. The summed E-state index contributed by atoms with van der Waals surface area (Å²) in [5, 5.41) is 0. The molecule has 0 radical (unpaired) electrons. The van der Waals surface area contributed by atoms with Crippen molar-refractivity contribution in [1.29, 1.82) is 0 Å². The Balaban J connectivity index is 0. The minimum absolute atomic E-state index is 0. The Bertz CT molecular complexity index is 24.3. The zero-order valence-electron chi connectivity index (χ0n) is 1.72. The molecule has 2 N–H and O–H groups in total. The van der Waals surface area contributed by atoms with E-state index in [-0.39, 0.29) is 5.48 Å². The molecule has 3 nitrogen and oxygen atoms in total. The molecule has 0 aliphatic carbocycles. The third-order valence-corrected chi connectivity index (χ3v) is 0. The average molecular weight is 102 g/mol. The zero-order chi connectivity index (χ0) is 2.71. The maximum absolute atomic E-state index is 8.44. The summed E-state index contributed by atoms with van der Waals surface area (Å²) >= 11 is -1.62. The van der Waals surface area contributed by atoms with E-state index in [0.29, 0.717) is 0 Å². The van der Waals surface area contributed by atoms with Gasteiger partial charge in [0.1, 0.15) is 0 Å². The van der Waals surface area contributed by atoms with Gasteiger partial charge in [-0.2, -0.15) is 0 Å². The standard InChI is InChI=1S/Cr.H2O.2O/h;1H2;;. The third kappa shape index (κ3) is 292. The fourth-order valence-corrected chi connectivity index (χ4v) is 0. The normalized spacial score (nSPS) is 3.00. The van der Waals surface area contributed by atoms with Crippen molar-refractivity contribution in [2.45, 2.75) is 0 Å². The van der Waals surface area contributed by atoms with Crippen molar-refractivity contribution >= 4 is 0 Å². The predicted molar refractivity (Wildman–Crippen MR) is 4.99 cm³/mol. The van der Waals surface area contributed by atoms with Crippen LogP contribution in [0, 0.1) is 0 Å². The Kier molecular flexibility index (Phi) is 25.4. The van der Waals surface area contributed by atoms with E-state index in [2.05, 4.69) is 0 Å². The zero-order valence-corrected chi connectivity index (χ0v) is 3.00. The molecule has 0 atom stereocenters. The molecule has 0 heterocycles. The Morgan fingerprint density at radius 1 is 1.25 bits per heavy atom. The van der Waals surface area contributed by atoms with Gasteiger partial charge in [0.05, 0.1) is 0 Å². The van der Waals surface area contributed by atoms with Gasteiger partial charge in [-0.15, -0.1) is 0 Å². The summed E-state index contributed by atoms with van der Waals surface area (Å²) in [4.78, 5) is 0. The van der Waals surface area contributed by atoms with Crippen LogP contribution in [-0.4, -0.2) is 5.48 Å². The predicted octanol–water partition coefficient (Wildman–Crippen LogP) is -1.06. The molecule has 0 aromatic heterocycles. The number of hydrogen-bond donors (Lipinski definition) is 0. The first kappa shape index (κ1) is 8.94. The Morgan fingerprint density at radius 2 is 1.25 bits per heavy atom. The van der Waals surface area contributed by atoms with Crippen LogP contribution in [0.15, 0.2) is 0 Å². The van der Waals surface area contributed by atoms with E-state index in [1.165, 1.54) is 0 Å². The van der Waals surface area contributed by atoms with Crippen molar-refractivity contribution in [2.75, 3.05) is 0 Å². The van der Waals surface area contributed by atoms with Gasteiger partial charge in [-0.1, -0.05) is 0 Å². The summed E-state index contributed by atoms with van der Waals surface area (Å²) in [7, 11) is 0. The number of hydrogen-bond acceptors (Lipinski definition) is 2. The summed E-state index contributed by atoms with van der Waals surface area (Å²) < 4.78 is 16.9. The Labute approximate surface area is 29.1 Å². The SMILES string of the molecule is O.[O]=[Cr]=[O]. The van der Waals surface area contributed by atoms with Crippen LogP contribution in [0.25, 0.3) is 0 Å². The van der Waals surface area contributed by atoms with Crippen LogP contribution >= 0.6 is 0 Å². The summed E-state index contributed by atoms with van der Waals surface area (Å²) in [5.74, 6) is 0. The van der Waals surface area contributed by atoms with Crippen molar-refractivity contribution < 1.29 is 28.2 Å². The van der Waals surface area contributed by atoms with E-state index in [1.54, 1.807) is 0 Å². The second kappa shape index (κ2) is 11.3. The van der Waals surface area contributed by atoms with Crippen molar-refractivity contribution in [1.82, 2.24) is 0 Å². The van der Waals surface area contributed by atoms with Crippen LogP contribution < -0.4 is 0 Å². The first-order chi connectivity index (χ1) is 1.41. The van der Waals surface area contributed by atoms with E-state index in [1.807, 2.05) is 0 Å². The monoisotopic (exact) mass is 102 g/mol. The van der Waals surface area contributed by atoms with Gasteiger partial charge in [0.15, 0.2) is 0 Å². The van der Waals surface area contributed by atoms with Crippen LogP contribution in [0.2, 0.25) is 0 Å². The van der Waals surface area contributed by atoms with Crippen LogP contribution in [0.3, 0.4) is 0 Å². The van der Waals surface area contributed by atoms with Gasteiger partial charge in [0.2, 0.25) is 0 Å². The van der Waals surface area contributed by atoms with Gasteiger partial charge in [-0.3, -0.25) is 0 Å². The van der Waals surface area contributed by atoms with Crippen molar-refractivity contribution in [3.8, 4) is 0 Å². The van der Waals surface area contributed by atoms with Crippen molar-refractivity contribution in [2.24, 2.45) is 0 Å². The third-order valence-electron chi connectivity index (χ3n) is 0. The summed E-state index contributed by atoms with van der Waals surface area (Å²) in [6.45, 7) is 0. The second-order valence-electron chi connectivity index (χ2n) is 0.0680. The van der Waals surface area contributed by atoms with E-state index in [9.17, 15) is 0 Å². The molecule has 0 aliphatic rings. The van der Waals surface area contributed by atoms with E-state index < -0.39 is 15.1 Å². The molecule has 0 unspecified atom stereocenters. The first-order valence-corrected chi connectivity index (χ1v) is 1.37. The quantitative estimate of drug-likeness (QED) is 0.391. The fraction of sp³-hybridized carbons (Fsp3) is 0. The maximum atomic E-state index is 8.44. The molecule has 0 amide bonds. The molecule has 4 heavy (non-hydrogen) atoms. The van der Waals surface area contributed by atoms with Crippen molar-refractivity contribution in [3.63, 3.8) is 0 Å². The molecule has 0 spiro atoms. The van der Waals surface area contributed by atoms with E-state index in [0.717, 1.165) is 0 Å². The fourth-order valence-electron chi connectivity index (χ4n) is 0. The first-order valence-electron chi connectivity index (χ1n) is 0.333. The summed E-state index contributed by atoms with van der Waals surface area (Å²) in [6, 6.07) is 0. The molecule has 4 heteroatoms. The summed E-state index contributed by atoms with van der Waals surface area (Å²) in [6.07, 6.45) is 0. The van der Waals surface area contributed by atoms with Gasteiger partial charge < -0.3 is 5.48 Å². The van der Waals surface area contributed by atoms with Crippen LogP contribution in [0.5, 0.6) is 0 Å². The van der Waals surface area contributed by atoms with Gasteiger partial charge in [0.25, 0.3) is 0 Å². The van der Waals surface area contributed by atoms with Gasteiger partial charge in [-0.05, 0) is 0 Å². The van der Waals surface area contributed by atoms with Crippen LogP contribution in [0.1, 0.15) is 0 Å². The molecule has 0 saturated heterocycles. The summed E-state index contributed by atoms with van der Waals surface area (Å²) in [5.41, 5.74) is 0. The molecule has 0 aliphatic heterocycles. The van der Waals surface area contributed by atoms with E-state index >= 15 is 0 Å². The molecule has 0 bridgehead atoms. The molecule has 0 saturated carbocycles. The van der Waals surface area contributed by atoms with E-state index in [4.69, 9.17) is 7.61 Å². The van der Waals surface area contributed by atoms with Gasteiger partial charge in [-0.25, -0.2) is 0 Å². The molecule has 26 valence electrons. The molecule has 0 rings (SSSR count). The molecular formula is H2CrO3. The second-order valence-corrected chi connectivity index (χ2v) is 0.281.